The first-order valence-corrected chi connectivity index (χ1v) is 10.6. The van der Waals surface area contributed by atoms with Crippen molar-refractivity contribution < 1.29 is 19.0 Å². The highest BCUT2D eigenvalue weighted by molar-refractivity contribution is 6.32. The minimum Gasteiger partial charge on any atom is -0.492 e. The lowest BCUT2D eigenvalue weighted by molar-refractivity contribution is 0.101. The minimum absolute atomic E-state index is 0.0386. The van der Waals surface area contributed by atoms with Crippen LogP contribution >= 0.6 is 11.6 Å². The van der Waals surface area contributed by atoms with Gasteiger partial charge in [0, 0.05) is 37.6 Å². The third-order valence-electron chi connectivity index (χ3n) is 5.31. The summed E-state index contributed by atoms with van der Waals surface area (Å²) in [6.07, 6.45) is 3.40. The number of aromatic nitrogens is 1. The predicted octanol–water partition coefficient (Wildman–Crippen LogP) is 4.77. The first-order chi connectivity index (χ1) is 14.3. The zero-order valence-corrected chi connectivity index (χ0v) is 18.6. The lowest BCUT2D eigenvalue weighted by Crippen LogP contribution is -2.25. The highest BCUT2D eigenvalue weighted by atomic mass is 35.5. The maximum absolute atomic E-state index is 12.6. The number of carbonyl (C=O) groups is 1. The van der Waals surface area contributed by atoms with Crippen molar-refractivity contribution in [1.29, 1.82) is 0 Å². The fourth-order valence-electron chi connectivity index (χ4n) is 3.57. The van der Waals surface area contributed by atoms with E-state index in [2.05, 4.69) is 13.8 Å². The third-order valence-corrected chi connectivity index (χ3v) is 5.60. The van der Waals surface area contributed by atoms with Crippen molar-refractivity contribution in [2.24, 2.45) is 5.92 Å². The van der Waals surface area contributed by atoms with Crippen molar-refractivity contribution >= 4 is 17.4 Å². The van der Waals surface area contributed by atoms with E-state index in [-0.39, 0.29) is 28.7 Å². The molecule has 3 rings (SSSR count). The topological polar surface area (TPSA) is 66.8 Å². The molecule has 0 saturated heterocycles. The summed E-state index contributed by atoms with van der Waals surface area (Å²) in [5.41, 5.74) is 1.26. The second-order valence-electron chi connectivity index (χ2n) is 7.85. The van der Waals surface area contributed by atoms with Crippen LogP contribution in [0.15, 0.2) is 29.2 Å². The van der Waals surface area contributed by atoms with Gasteiger partial charge < -0.3 is 18.8 Å². The SMILES string of the molecule is COCCCCOc1cc2c(cc1Cl)-c1cc(=O)c(C(C)=O)cn1[C@H](C(C)C)CO2. The van der Waals surface area contributed by atoms with Gasteiger partial charge in [-0.25, -0.2) is 0 Å². The summed E-state index contributed by atoms with van der Waals surface area (Å²) in [5, 5.41) is 0.446. The average molecular weight is 434 g/mol. The van der Waals surface area contributed by atoms with Crippen molar-refractivity contribution in [3.05, 3.63) is 45.2 Å². The molecular weight excluding hydrogens is 406 g/mol. The number of carbonyl (C=O) groups excluding carboxylic acids is 1. The fourth-order valence-corrected chi connectivity index (χ4v) is 3.79. The van der Waals surface area contributed by atoms with E-state index in [1.165, 1.54) is 13.0 Å². The van der Waals surface area contributed by atoms with Gasteiger partial charge in [-0.05, 0) is 31.7 Å². The van der Waals surface area contributed by atoms with Gasteiger partial charge in [0.15, 0.2) is 11.2 Å². The number of fused-ring (bicyclic) bond motifs is 3. The molecule has 0 aliphatic carbocycles. The van der Waals surface area contributed by atoms with Gasteiger partial charge in [0.25, 0.3) is 0 Å². The molecule has 1 aromatic heterocycles. The average Bonchev–Trinajstić information content (AvgIpc) is 2.83. The van der Waals surface area contributed by atoms with Crippen LogP contribution in [0.5, 0.6) is 11.5 Å². The Labute approximate surface area is 181 Å². The summed E-state index contributed by atoms with van der Waals surface area (Å²) >= 11 is 6.49. The Morgan fingerprint density at radius 3 is 2.67 bits per heavy atom. The fraction of sp³-hybridized carbons (Fsp3) is 0.478. The molecule has 0 saturated carbocycles. The zero-order valence-electron chi connectivity index (χ0n) is 17.9. The molecule has 6 nitrogen and oxygen atoms in total. The molecule has 30 heavy (non-hydrogen) atoms. The number of hydrogen-bond donors (Lipinski definition) is 0. The van der Waals surface area contributed by atoms with Crippen LogP contribution in [0.25, 0.3) is 11.3 Å². The van der Waals surface area contributed by atoms with Gasteiger partial charge in [0.1, 0.15) is 18.1 Å². The highest BCUT2D eigenvalue weighted by Gasteiger charge is 2.27. The standard InChI is InChI=1S/C23H28ClNO5/c1-14(2)20-13-30-22-11-23(29-8-6-5-7-28-4)18(24)9-16(22)19-10-21(27)17(15(3)26)12-25(19)20/h9-12,14,20H,5-8,13H2,1-4H3/t20-/m0/s1. The predicted molar refractivity (Wildman–Crippen MR) is 117 cm³/mol. The smallest absolute Gasteiger partial charge is 0.192 e. The summed E-state index contributed by atoms with van der Waals surface area (Å²) in [6.45, 7) is 7.19. The summed E-state index contributed by atoms with van der Waals surface area (Å²) in [4.78, 5) is 24.5. The van der Waals surface area contributed by atoms with Crippen LogP contribution in [0, 0.1) is 5.92 Å². The van der Waals surface area contributed by atoms with Crippen LogP contribution in [-0.2, 0) is 4.74 Å². The Balaban J connectivity index is 2.02. The van der Waals surface area contributed by atoms with Crippen LogP contribution in [0.1, 0.15) is 50.0 Å². The van der Waals surface area contributed by atoms with Gasteiger partial charge in [0.05, 0.1) is 28.9 Å². The normalized spacial score (nSPS) is 15.2. The zero-order chi connectivity index (χ0) is 21.8. The molecule has 0 radical (unpaired) electrons. The van der Waals surface area contributed by atoms with E-state index in [9.17, 15) is 9.59 Å². The van der Waals surface area contributed by atoms with Crippen LogP contribution in [-0.4, -0.2) is 37.3 Å². The Bertz CT molecular complexity index is 982. The van der Waals surface area contributed by atoms with E-state index in [0.29, 0.717) is 47.6 Å². The molecule has 2 aromatic rings. The van der Waals surface area contributed by atoms with Crippen molar-refractivity contribution in [1.82, 2.24) is 4.57 Å². The molecule has 162 valence electrons. The second-order valence-corrected chi connectivity index (χ2v) is 8.26. The first-order valence-electron chi connectivity index (χ1n) is 10.2. The molecule has 1 aliphatic rings. The Morgan fingerprint density at radius 2 is 2.00 bits per heavy atom. The number of benzene rings is 1. The van der Waals surface area contributed by atoms with Crippen LogP contribution in [0.4, 0.5) is 0 Å². The summed E-state index contributed by atoms with van der Waals surface area (Å²) in [5.74, 6) is 1.13. The molecule has 0 unspecified atom stereocenters. The van der Waals surface area contributed by atoms with E-state index in [1.54, 1.807) is 25.4 Å². The Kier molecular flexibility index (Phi) is 7.21. The highest BCUT2D eigenvalue weighted by Crippen LogP contribution is 2.42. The molecule has 0 fully saturated rings. The number of Topliss-reactive ketones (excluding diaryl/α,β-unsaturated/α-hetero) is 1. The number of pyridine rings is 1. The van der Waals surface area contributed by atoms with Crippen molar-refractivity contribution in [2.75, 3.05) is 26.9 Å². The Hall–Kier alpha value is -2.31. The summed E-state index contributed by atoms with van der Waals surface area (Å²) in [7, 11) is 1.68. The molecule has 0 N–H and O–H groups in total. The van der Waals surface area contributed by atoms with Crippen LogP contribution < -0.4 is 14.9 Å². The molecule has 2 heterocycles. The largest absolute Gasteiger partial charge is 0.492 e. The van der Waals surface area contributed by atoms with E-state index >= 15 is 0 Å². The monoisotopic (exact) mass is 433 g/mol. The number of ether oxygens (including phenoxy) is 3. The molecule has 0 amide bonds. The number of unbranched alkanes of at least 4 members (excludes halogenated alkanes) is 1. The molecule has 0 bridgehead atoms. The summed E-state index contributed by atoms with van der Waals surface area (Å²) < 4.78 is 19.0. The van der Waals surface area contributed by atoms with Gasteiger partial charge in [-0.1, -0.05) is 25.4 Å². The third kappa shape index (κ3) is 4.71. The van der Waals surface area contributed by atoms with Crippen molar-refractivity contribution in [3.63, 3.8) is 0 Å². The van der Waals surface area contributed by atoms with Gasteiger partial charge >= 0.3 is 0 Å². The molecule has 1 aliphatic heterocycles. The maximum Gasteiger partial charge on any atom is 0.192 e. The molecule has 7 heteroatoms. The van der Waals surface area contributed by atoms with Crippen molar-refractivity contribution in [3.8, 4) is 22.8 Å². The first kappa shape index (κ1) is 22.4. The van der Waals surface area contributed by atoms with Gasteiger partial charge in [-0.2, -0.15) is 0 Å². The van der Waals surface area contributed by atoms with E-state index in [4.69, 9.17) is 25.8 Å². The lowest BCUT2D eigenvalue weighted by atomic mass is 10.0. The van der Waals surface area contributed by atoms with Crippen LogP contribution in [0.2, 0.25) is 5.02 Å². The molecule has 1 atom stereocenters. The lowest BCUT2D eigenvalue weighted by Gasteiger charge is -2.24. The molecular formula is C23H28ClNO5. The van der Waals surface area contributed by atoms with E-state index in [1.807, 2.05) is 4.57 Å². The molecule has 1 aromatic carbocycles. The minimum atomic E-state index is -0.307. The quantitative estimate of drug-likeness (QED) is 0.443. The summed E-state index contributed by atoms with van der Waals surface area (Å²) in [6, 6.07) is 5.01. The number of rotatable bonds is 8. The van der Waals surface area contributed by atoms with Gasteiger partial charge in [-0.3, -0.25) is 9.59 Å². The van der Waals surface area contributed by atoms with E-state index in [0.717, 1.165) is 12.8 Å². The number of halogens is 1. The van der Waals surface area contributed by atoms with E-state index < -0.39 is 0 Å². The number of nitrogens with zero attached hydrogens (tertiary/aromatic N) is 1. The maximum atomic E-state index is 12.6. The second kappa shape index (κ2) is 9.67. The van der Waals surface area contributed by atoms with Gasteiger partial charge in [0.2, 0.25) is 0 Å². The molecule has 0 spiro atoms. The van der Waals surface area contributed by atoms with Crippen molar-refractivity contribution in [2.45, 2.75) is 39.7 Å². The van der Waals surface area contributed by atoms with Crippen LogP contribution in [0.3, 0.4) is 0 Å². The number of hydrogen-bond acceptors (Lipinski definition) is 5. The number of ketones is 1. The van der Waals surface area contributed by atoms with Gasteiger partial charge in [-0.15, -0.1) is 0 Å². The number of methoxy groups -OCH3 is 1. The Morgan fingerprint density at radius 1 is 1.27 bits per heavy atom.